The molecule has 2 aromatic heterocycles. The minimum atomic E-state index is 0.0952. The van der Waals surface area contributed by atoms with Crippen LogP contribution in [0.4, 0.5) is 0 Å². The molecule has 1 aliphatic rings. The van der Waals surface area contributed by atoms with E-state index in [1.807, 2.05) is 21.6 Å². The Bertz CT molecular complexity index is 605. The fourth-order valence-electron chi connectivity index (χ4n) is 2.18. The van der Waals surface area contributed by atoms with Crippen LogP contribution in [0, 0.1) is 0 Å². The van der Waals surface area contributed by atoms with Crippen LogP contribution in [0.15, 0.2) is 24.5 Å². The van der Waals surface area contributed by atoms with Crippen molar-refractivity contribution in [3.8, 4) is 0 Å². The lowest BCUT2D eigenvalue weighted by Gasteiger charge is -2.26. The second kappa shape index (κ2) is 5.19. The summed E-state index contributed by atoms with van der Waals surface area (Å²) in [7, 11) is 0. The van der Waals surface area contributed by atoms with Gasteiger partial charge in [-0.15, -0.1) is 0 Å². The molecule has 0 radical (unpaired) electrons. The van der Waals surface area contributed by atoms with Gasteiger partial charge in [0.1, 0.15) is 5.65 Å². The molecule has 0 spiro atoms. The molecule has 6 heteroatoms. The minimum Gasteiger partial charge on any atom is -0.378 e. The highest BCUT2D eigenvalue weighted by Gasteiger charge is 2.18. The van der Waals surface area contributed by atoms with E-state index in [0.717, 1.165) is 11.3 Å². The molecule has 1 aliphatic heterocycles. The van der Waals surface area contributed by atoms with E-state index in [1.165, 1.54) is 0 Å². The van der Waals surface area contributed by atoms with Crippen LogP contribution in [0.3, 0.4) is 0 Å². The fourth-order valence-corrected chi connectivity index (χ4v) is 2.35. The summed E-state index contributed by atoms with van der Waals surface area (Å²) in [5.41, 5.74) is 1.56. The molecule has 0 aliphatic carbocycles. The first-order chi connectivity index (χ1) is 9.22. The number of pyridine rings is 1. The van der Waals surface area contributed by atoms with Gasteiger partial charge < -0.3 is 14.0 Å². The van der Waals surface area contributed by atoms with Crippen LogP contribution in [0.5, 0.6) is 0 Å². The van der Waals surface area contributed by atoms with E-state index >= 15 is 0 Å². The molecule has 0 bridgehead atoms. The Balaban J connectivity index is 1.75. The smallest absolute Gasteiger partial charge is 0.228 e. The number of carbonyl (C=O) groups is 1. The Morgan fingerprint density at radius 2 is 2.11 bits per heavy atom. The van der Waals surface area contributed by atoms with Crippen LogP contribution in [0.25, 0.3) is 5.65 Å². The van der Waals surface area contributed by atoms with Crippen LogP contribution in [-0.2, 0) is 16.0 Å². The standard InChI is InChI=1S/C13H14ClN3O2/c14-10-1-2-12-15-11(9-17(12)8-10)7-13(18)16-3-5-19-6-4-16/h1-2,8-9H,3-7H2. The Morgan fingerprint density at radius 3 is 2.89 bits per heavy atom. The molecule has 19 heavy (non-hydrogen) atoms. The van der Waals surface area contributed by atoms with Gasteiger partial charge in [0.05, 0.1) is 30.4 Å². The van der Waals surface area contributed by atoms with Gasteiger partial charge in [-0.05, 0) is 12.1 Å². The van der Waals surface area contributed by atoms with Crippen LogP contribution in [0.1, 0.15) is 5.69 Å². The van der Waals surface area contributed by atoms with E-state index in [2.05, 4.69) is 4.98 Å². The van der Waals surface area contributed by atoms with E-state index < -0.39 is 0 Å². The van der Waals surface area contributed by atoms with Crippen molar-refractivity contribution >= 4 is 23.2 Å². The molecular formula is C13H14ClN3O2. The van der Waals surface area contributed by atoms with Gasteiger partial charge in [-0.1, -0.05) is 11.6 Å². The molecule has 0 N–H and O–H groups in total. The summed E-state index contributed by atoms with van der Waals surface area (Å²) in [5.74, 6) is 0.0952. The van der Waals surface area contributed by atoms with Crippen molar-refractivity contribution in [3.63, 3.8) is 0 Å². The molecule has 5 nitrogen and oxygen atoms in total. The van der Waals surface area contributed by atoms with Crippen LogP contribution in [0.2, 0.25) is 5.02 Å². The first-order valence-corrected chi connectivity index (χ1v) is 6.59. The first-order valence-electron chi connectivity index (χ1n) is 6.21. The van der Waals surface area contributed by atoms with Gasteiger partial charge in [-0.3, -0.25) is 4.79 Å². The molecule has 3 rings (SSSR count). The molecule has 100 valence electrons. The lowest BCUT2D eigenvalue weighted by Crippen LogP contribution is -2.41. The highest BCUT2D eigenvalue weighted by molar-refractivity contribution is 6.30. The highest BCUT2D eigenvalue weighted by Crippen LogP contribution is 2.12. The zero-order chi connectivity index (χ0) is 13.2. The number of aromatic nitrogens is 2. The summed E-state index contributed by atoms with van der Waals surface area (Å²) in [6.07, 6.45) is 3.95. The number of hydrogen-bond donors (Lipinski definition) is 0. The lowest BCUT2D eigenvalue weighted by molar-refractivity contribution is -0.134. The SMILES string of the molecule is O=C(Cc1cn2cc(Cl)ccc2n1)N1CCOCC1. The number of amides is 1. The topological polar surface area (TPSA) is 46.8 Å². The summed E-state index contributed by atoms with van der Waals surface area (Å²) >= 11 is 5.92. The Kier molecular flexibility index (Phi) is 3.40. The van der Waals surface area contributed by atoms with Gasteiger partial charge in [0, 0.05) is 25.5 Å². The third kappa shape index (κ3) is 2.72. The quantitative estimate of drug-likeness (QED) is 0.835. The van der Waals surface area contributed by atoms with Gasteiger partial charge >= 0.3 is 0 Å². The number of ether oxygens (including phenoxy) is 1. The predicted molar refractivity (Wildman–Crippen MR) is 71.3 cm³/mol. The Hall–Kier alpha value is -1.59. The molecule has 1 amide bonds. The molecule has 2 aromatic rings. The van der Waals surface area contributed by atoms with Crippen molar-refractivity contribution in [1.82, 2.24) is 14.3 Å². The maximum absolute atomic E-state index is 12.1. The molecule has 3 heterocycles. The van der Waals surface area contributed by atoms with Crippen molar-refractivity contribution in [2.24, 2.45) is 0 Å². The molecule has 1 fully saturated rings. The Labute approximate surface area is 115 Å². The second-order valence-electron chi connectivity index (χ2n) is 4.51. The number of fused-ring (bicyclic) bond motifs is 1. The zero-order valence-electron chi connectivity index (χ0n) is 10.4. The Morgan fingerprint density at radius 1 is 1.32 bits per heavy atom. The van der Waals surface area contributed by atoms with E-state index in [9.17, 15) is 4.79 Å². The fraction of sp³-hybridized carbons (Fsp3) is 0.385. The molecule has 0 unspecified atom stereocenters. The van der Waals surface area contributed by atoms with E-state index in [4.69, 9.17) is 16.3 Å². The summed E-state index contributed by atoms with van der Waals surface area (Å²) < 4.78 is 7.07. The van der Waals surface area contributed by atoms with E-state index in [-0.39, 0.29) is 5.91 Å². The summed E-state index contributed by atoms with van der Waals surface area (Å²) in [4.78, 5) is 18.3. The monoisotopic (exact) mass is 279 g/mol. The number of halogens is 1. The number of morpholine rings is 1. The summed E-state index contributed by atoms with van der Waals surface area (Å²) in [6.45, 7) is 2.56. The maximum atomic E-state index is 12.1. The third-order valence-electron chi connectivity index (χ3n) is 3.16. The summed E-state index contributed by atoms with van der Waals surface area (Å²) in [5, 5.41) is 0.649. The number of nitrogens with zero attached hydrogens (tertiary/aromatic N) is 3. The van der Waals surface area contributed by atoms with Crippen molar-refractivity contribution in [2.45, 2.75) is 6.42 Å². The van der Waals surface area contributed by atoms with Gasteiger partial charge in [0.25, 0.3) is 0 Å². The van der Waals surface area contributed by atoms with Gasteiger partial charge in [0.2, 0.25) is 5.91 Å². The zero-order valence-corrected chi connectivity index (χ0v) is 11.1. The average molecular weight is 280 g/mol. The van der Waals surface area contributed by atoms with E-state index in [1.54, 1.807) is 12.3 Å². The maximum Gasteiger partial charge on any atom is 0.228 e. The minimum absolute atomic E-state index is 0.0952. The van der Waals surface area contributed by atoms with Crippen LogP contribution < -0.4 is 0 Å². The number of carbonyl (C=O) groups excluding carboxylic acids is 1. The van der Waals surface area contributed by atoms with Crippen LogP contribution in [-0.4, -0.2) is 46.5 Å². The van der Waals surface area contributed by atoms with Crippen molar-refractivity contribution in [3.05, 3.63) is 35.2 Å². The number of imidazole rings is 1. The molecule has 0 aromatic carbocycles. The number of rotatable bonds is 2. The third-order valence-corrected chi connectivity index (χ3v) is 3.38. The van der Waals surface area contributed by atoms with Gasteiger partial charge in [0.15, 0.2) is 0 Å². The number of hydrogen-bond acceptors (Lipinski definition) is 3. The highest BCUT2D eigenvalue weighted by atomic mass is 35.5. The lowest BCUT2D eigenvalue weighted by atomic mass is 10.3. The first kappa shape index (κ1) is 12.4. The molecule has 0 atom stereocenters. The van der Waals surface area contributed by atoms with Gasteiger partial charge in [-0.25, -0.2) is 4.98 Å². The second-order valence-corrected chi connectivity index (χ2v) is 4.95. The normalized spacial score (nSPS) is 15.9. The summed E-state index contributed by atoms with van der Waals surface area (Å²) in [6, 6.07) is 3.63. The van der Waals surface area contributed by atoms with Crippen molar-refractivity contribution in [1.29, 1.82) is 0 Å². The van der Waals surface area contributed by atoms with Gasteiger partial charge in [-0.2, -0.15) is 0 Å². The van der Waals surface area contributed by atoms with Crippen molar-refractivity contribution in [2.75, 3.05) is 26.3 Å². The average Bonchev–Trinajstić information content (AvgIpc) is 2.81. The molecule has 1 saturated heterocycles. The largest absolute Gasteiger partial charge is 0.378 e. The molecular weight excluding hydrogens is 266 g/mol. The molecule has 0 saturated carbocycles. The van der Waals surface area contributed by atoms with Crippen LogP contribution >= 0.6 is 11.6 Å². The predicted octanol–water partition coefficient (Wildman–Crippen LogP) is 1.39. The van der Waals surface area contributed by atoms with E-state index in [0.29, 0.717) is 37.7 Å². The van der Waals surface area contributed by atoms with Crippen molar-refractivity contribution < 1.29 is 9.53 Å².